The average Bonchev–Trinajstić information content (AvgIpc) is 3.69. The van der Waals surface area contributed by atoms with Crippen molar-refractivity contribution in [2.45, 2.75) is 65.7 Å². The summed E-state index contributed by atoms with van der Waals surface area (Å²) in [4.78, 5) is 36.0. The normalized spacial score (nSPS) is 15.4. The monoisotopic (exact) mass is 717 g/mol. The maximum Gasteiger partial charge on any atom is 0.339 e. The molecule has 0 saturated carbocycles. The van der Waals surface area contributed by atoms with E-state index in [9.17, 15) is 9.59 Å². The number of thiazole rings is 1. The zero-order valence-electron chi connectivity index (χ0n) is 30.1. The number of aryl methyl sites for hydroxylation is 2. The molecule has 0 radical (unpaired) electrons. The van der Waals surface area contributed by atoms with Crippen LogP contribution in [0.1, 0.15) is 58.8 Å². The number of esters is 1. The van der Waals surface area contributed by atoms with Gasteiger partial charge in [0, 0.05) is 47.8 Å². The van der Waals surface area contributed by atoms with Crippen molar-refractivity contribution in [1.82, 2.24) is 19.7 Å². The van der Waals surface area contributed by atoms with E-state index in [2.05, 4.69) is 19.9 Å². The van der Waals surface area contributed by atoms with E-state index in [1.807, 2.05) is 86.8 Å². The first-order chi connectivity index (χ1) is 23.6. The fourth-order valence-corrected chi connectivity index (χ4v) is 7.89. The van der Waals surface area contributed by atoms with Gasteiger partial charge in [0.1, 0.15) is 5.01 Å². The largest absolute Gasteiger partial charge is 0.464 e. The van der Waals surface area contributed by atoms with Gasteiger partial charge in [-0.15, -0.1) is 11.3 Å². The molecule has 6 rings (SSSR count). The second kappa shape index (κ2) is 13.6. The van der Waals surface area contributed by atoms with E-state index in [1.165, 1.54) is 0 Å². The van der Waals surface area contributed by atoms with Gasteiger partial charge in [0.15, 0.2) is 11.9 Å². The molecule has 0 spiro atoms. The van der Waals surface area contributed by atoms with Crippen molar-refractivity contribution in [3.8, 4) is 21.7 Å². The summed E-state index contributed by atoms with van der Waals surface area (Å²) in [6, 6.07) is 15.6. The number of hydrogen-bond donors (Lipinski definition) is 0. The molecular weight excluding hydrogens is 674 g/mol. The number of carbonyl (C=O) groups excluding carboxylic acids is 2. The maximum absolute atomic E-state index is 13.7. The summed E-state index contributed by atoms with van der Waals surface area (Å²) in [7, 11) is 3.53. The summed E-state index contributed by atoms with van der Waals surface area (Å²) in [6.45, 7) is 15.4. The summed E-state index contributed by atoms with van der Waals surface area (Å²) < 4.78 is 20.0. The molecule has 10 nitrogen and oxygen atoms in total. The van der Waals surface area contributed by atoms with E-state index in [-0.39, 0.29) is 12.6 Å². The Morgan fingerprint density at radius 3 is 2.46 bits per heavy atom. The molecule has 12 heteroatoms. The van der Waals surface area contributed by atoms with Gasteiger partial charge < -0.3 is 19.1 Å². The summed E-state index contributed by atoms with van der Waals surface area (Å²) in [6.07, 6.45) is -0.962. The maximum atomic E-state index is 13.7. The Labute approximate surface area is 301 Å². The number of hydrogen-bond acceptors (Lipinski definition) is 8. The number of halogens is 1. The lowest BCUT2D eigenvalue weighted by Crippen LogP contribution is -2.43. The number of ether oxygens (including phenoxy) is 3. The molecule has 1 saturated heterocycles. The highest BCUT2D eigenvalue weighted by Gasteiger charge is 2.45. The highest BCUT2D eigenvalue weighted by Crippen LogP contribution is 2.45. The molecule has 3 heterocycles. The third-order valence-electron chi connectivity index (χ3n) is 8.89. The number of nitrogens with zero attached hydrogens (tertiary/aromatic N) is 5. The van der Waals surface area contributed by atoms with Crippen molar-refractivity contribution in [2.75, 3.05) is 38.3 Å². The summed E-state index contributed by atoms with van der Waals surface area (Å²) in [5, 5.41) is 7.09. The zero-order valence-corrected chi connectivity index (χ0v) is 31.7. The van der Waals surface area contributed by atoms with Gasteiger partial charge in [-0.25, -0.2) is 14.6 Å². The number of aromatic nitrogens is 3. The van der Waals surface area contributed by atoms with Crippen molar-refractivity contribution in [3.05, 3.63) is 64.7 Å². The summed E-state index contributed by atoms with van der Waals surface area (Å²) in [5.41, 5.74) is 4.92. The van der Waals surface area contributed by atoms with E-state index >= 15 is 0 Å². The van der Waals surface area contributed by atoms with Crippen LogP contribution in [0.5, 0.6) is 0 Å². The average molecular weight is 718 g/mol. The Balaban J connectivity index is 1.52. The van der Waals surface area contributed by atoms with Crippen LogP contribution in [0.3, 0.4) is 0 Å². The van der Waals surface area contributed by atoms with Crippen LogP contribution < -0.4 is 4.90 Å². The van der Waals surface area contributed by atoms with E-state index < -0.39 is 23.2 Å². The fourth-order valence-electron chi connectivity index (χ4n) is 6.64. The predicted octanol–water partition coefficient (Wildman–Crippen LogP) is 8.57. The van der Waals surface area contributed by atoms with Crippen LogP contribution in [0.25, 0.3) is 42.8 Å². The molecular formula is C38H44ClN5O5S. The molecule has 5 aromatic rings. The van der Waals surface area contributed by atoms with Crippen molar-refractivity contribution in [3.63, 3.8) is 0 Å². The second-order valence-corrected chi connectivity index (χ2v) is 15.7. The molecule has 50 heavy (non-hydrogen) atoms. The molecule has 0 aliphatic carbocycles. The standard InChI is InChI=1S/C38H44ClN5O5S/c1-10-48-35(45)31(49-37(3,4)5)29-22(2)19-27-32(30(29)23-11-14-25(39)15-12-23)50-34(40-27)24-13-16-28-26(20-24)33(41-42(28)8)43-21-38(6,7)44(36(43)46)17-18-47-9/h11-16,19-20,31H,10,17-18,21H2,1-9H3/t31-/m0/s1. The molecule has 0 unspecified atom stereocenters. The number of urea groups is 1. The van der Waals surface area contributed by atoms with Gasteiger partial charge in [0.2, 0.25) is 0 Å². The number of benzene rings is 3. The smallest absolute Gasteiger partial charge is 0.339 e. The Bertz CT molecular complexity index is 2080. The minimum absolute atomic E-state index is 0.0957. The molecule has 1 aliphatic rings. The van der Waals surface area contributed by atoms with Crippen molar-refractivity contribution < 1.29 is 23.8 Å². The fraction of sp³-hybridized carbons (Fsp3) is 0.421. The Morgan fingerprint density at radius 2 is 1.80 bits per heavy atom. The molecule has 1 aliphatic heterocycles. The highest BCUT2D eigenvalue weighted by atomic mass is 35.5. The van der Waals surface area contributed by atoms with Gasteiger partial charge in [0.25, 0.3) is 0 Å². The van der Waals surface area contributed by atoms with Crippen molar-refractivity contribution in [2.24, 2.45) is 7.05 Å². The Kier molecular flexibility index (Phi) is 9.73. The van der Waals surface area contributed by atoms with Crippen LogP contribution in [-0.2, 0) is 26.1 Å². The van der Waals surface area contributed by atoms with E-state index in [1.54, 1.807) is 30.3 Å². The van der Waals surface area contributed by atoms with E-state index in [0.29, 0.717) is 30.5 Å². The van der Waals surface area contributed by atoms with E-state index in [4.69, 9.17) is 35.9 Å². The quantitative estimate of drug-likeness (QED) is 0.134. The van der Waals surface area contributed by atoms with Crippen molar-refractivity contribution in [1.29, 1.82) is 0 Å². The molecule has 0 N–H and O–H groups in total. The molecule has 3 aromatic carbocycles. The first-order valence-corrected chi connectivity index (χ1v) is 17.9. The number of amides is 2. The van der Waals surface area contributed by atoms with Gasteiger partial charge in [-0.1, -0.05) is 23.7 Å². The lowest BCUT2D eigenvalue weighted by molar-refractivity contribution is -0.166. The van der Waals surface area contributed by atoms with Gasteiger partial charge in [0.05, 0.1) is 46.6 Å². The lowest BCUT2D eigenvalue weighted by Gasteiger charge is -2.29. The summed E-state index contributed by atoms with van der Waals surface area (Å²) >= 11 is 7.87. The SMILES string of the molecule is CCOC(=O)[C@@H](OC(C)(C)C)c1c(C)cc2nc(-c3ccc4c(c3)c(N3CC(C)(C)N(CCOC)C3=O)nn4C)sc2c1-c1ccc(Cl)cc1. The Hall–Kier alpha value is -4.03. The first kappa shape index (κ1) is 35.8. The van der Waals surface area contributed by atoms with Crippen LogP contribution in [-0.4, -0.2) is 76.2 Å². The van der Waals surface area contributed by atoms with E-state index in [0.717, 1.165) is 53.9 Å². The lowest BCUT2D eigenvalue weighted by atomic mass is 9.91. The van der Waals surface area contributed by atoms with Gasteiger partial charge >= 0.3 is 12.0 Å². The van der Waals surface area contributed by atoms with Gasteiger partial charge in [-0.3, -0.25) is 9.58 Å². The molecule has 2 amide bonds. The Morgan fingerprint density at radius 1 is 1.10 bits per heavy atom. The topological polar surface area (TPSA) is 99.0 Å². The number of methoxy groups -OCH3 is 1. The van der Waals surface area contributed by atoms with Crippen LogP contribution in [0.15, 0.2) is 48.5 Å². The van der Waals surface area contributed by atoms with Gasteiger partial charge in [-0.2, -0.15) is 5.10 Å². The van der Waals surface area contributed by atoms with Gasteiger partial charge in [-0.05, 0) is 96.0 Å². The number of rotatable bonds is 10. The molecule has 264 valence electrons. The number of anilines is 1. The summed E-state index contributed by atoms with van der Waals surface area (Å²) in [5.74, 6) is 0.167. The minimum Gasteiger partial charge on any atom is -0.464 e. The van der Waals surface area contributed by atoms with Crippen LogP contribution >= 0.6 is 22.9 Å². The third-order valence-corrected chi connectivity index (χ3v) is 10.3. The van der Waals surface area contributed by atoms with Crippen LogP contribution in [0, 0.1) is 6.92 Å². The second-order valence-electron chi connectivity index (χ2n) is 14.2. The molecule has 0 bridgehead atoms. The molecule has 1 fully saturated rings. The molecule has 2 aromatic heterocycles. The highest BCUT2D eigenvalue weighted by molar-refractivity contribution is 7.22. The number of fused-ring (bicyclic) bond motifs is 2. The predicted molar refractivity (Wildman–Crippen MR) is 200 cm³/mol. The van der Waals surface area contributed by atoms with Crippen LogP contribution in [0.2, 0.25) is 5.02 Å². The minimum atomic E-state index is -0.962. The third kappa shape index (κ3) is 6.71. The first-order valence-electron chi connectivity index (χ1n) is 16.7. The van der Waals surface area contributed by atoms with Crippen LogP contribution in [0.4, 0.5) is 10.6 Å². The number of carbonyl (C=O) groups is 2. The molecule has 1 atom stereocenters. The zero-order chi connectivity index (χ0) is 36.1. The van der Waals surface area contributed by atoms with Crippen molar-refractivity contribution >= 4 is 61.9 Å².